The Morgan fingerprint density at radius 1 is 0.880 bits per heavy atom. The highest BCUT2D eigenvalue weighted by molar-refractivity contribution is 6.14. The molecule has 0 spiro atoms. The van der Waals surface area contributed by atoms with Crippen molar-refractivity contribution < 1.29 is 0 Å². The monoisotopic (exact) mass is 327 g/mol. The molecule has 0 radical (unpaired) electrons. The minimum absolute atomic E-state index is 0.741. The van der Waals surface area contributed by atoms with Crippen molar-refractivity contribution in [3.8, 4) is 0 Å². The second kappa shape index (κ2) is 7.58. The summed E-state index contributed by atoms with van der Waals surface area (Å²) in [5.74, 6) is 0. The Hall–Kier alpha value is -3.20. The number of nitrogen functional groups attached to an aromatic ring is 1. The Labute approximate surface area is 148 Å². The molecule has 124 valence electrons. The van der Waals surface area contributed by atoms with Gasteiger partial charge in [0.2, 0.25) is 0 Å². The maximum Gasteiger partial charge on any atom is 0.0781 e. The number of nitrogens with zero attached hydrogens (tertiary/aromatic N) is 2. The number of nitrogens with two attached hydrogens (primary N) is 1. The third kappa shape index (κ3) is 3.83. The maximum absolute atomic E-state index is 6.15. The normalized spacial score (nSPS) is 10.8. The number of benzene rings is 3. The van der Waals surface area contributed by atoms with Crippen LogP contribution in [0.5, 0.6) is 0 Å². The quantitative estimate of drug-likeness (QED) is 0.543. The van der Waals surface area contributed by atoms with Crippen LogP contribution < -0.4 is 5.73 Å². The first-order chi connectivity index (χ1) is 12.2. The summed E-state index contributed by atoms with van der Waals surface area (Å²) in [5.41, 5.74) is 12.7. The van der Waals surface area contributed by atoms with Crippen LogP contribution in [-0.4, -0.2) is 19.0 Å². The molecule has 0 atom stereocenters. The van der Waals surface area contributed by atoms with Crippen LogP contribution in [0, 0.1) is 6.92 Å². The molecule has 3 nitrogen and oxygen atoms in total. The van der Waals surface area contributed by atoms with Gasteiger partial charge in [0.1, 0.15) is 0 Å². The molecule has 3 rings (SSSR count). The Morgan fingerprint density at radius 3 is 1.96 bits per heavy atom. The minimum atomic E-state index is 0.741. The topological polar surface area (TPSA) is 50.7 Å². The van der Waals surface area contributed by atoms with Gasteiger partial charge in [0.05, 0.1) is 11.4 Å². The molecule has 0 saturated carbocycles. The Kier molecular flexibility index (Phi) is 5.05. The van der Waals surface area contributed by atoms with Gasteiger partial charge in [0.25, 0.3) is 0 Å². The van der Waals surface area contributed by atoms with E-state index in [0.717, 1.165) is 39.3 Å². The lowest BCUT2D eigenvalue weighted by molar-refractivity contribution is 1.40. The van der Waals surface area contributed by atoms with E-state index in [9.17, 15) is 0 Å². The Balaban J connectivity index is 2.17. The van der Waals surface area contributed by atoms with Gasteiger partial charge < -0.3 is 5.73 Å². The lowest BCUT2D eigenvalue weighted by Crippen LogP contribution is -2.03. The van der Waals surface area contributed by atoms with Crippen molar-refractivity contribution in [2.75, 3.05) is 12.8 Å². The van der Waals surface area contributed by atoms with Crippen molar-refractivity contribution in [3.05, 3.63) is 95.1 Å². The van der Waals surface area contributed by atoms with E-state index in [4.69, 9.17) is 10.7 Å². The summed E-state index contributed by atoms with van der Waals surface area (Å²) >= 11 is 0. The molecule has 0 saturated heterocycles. The van der Waals surface area contributed by atoms with Crippen molar-refractivity contribution in [1.29, 1.82) is 0 Å². The molecule has 3 aromatic rings. The van der Waals surface area contributed by atoms with Gasteiger partial charge in [-0.3, -0.25) is 4.99 Å². The molecule has 3 aromatic carbocycles. The fraction of sp³-hybridized carbons (Fsp3) is 0.0909. The zero-order valence-corrected chi connectivity index (χ0v) is 14.5. The van der Waals surface area contributed by atoms with Gasteiger partial charge in [0, 0.05) is 35.6 Å². The molecule has 0 fully saturated rings. The summed E-state index contributed by atoms with van der Waals surface area (Å²) in [5, 5.41) is 0. The summed E-state index contributed by atoms with van der Waals surface area (Å²) in [6.07, 6.45) is 1.77. The molecular weight excluding hydrogens is 306 g/mol. The van der Waals surface area contributed by atoms with Crippen molar-refractivity contribution in [2.24, 2.45) is 9.98 Å². The lowest BCUT2D eigenvalue weighted by Gasteiger charge is -2.10. The zero-order chi connectivity index (χ0) is 17.6. The van der Waals surface area contributed by atoms with Crippen LogP contribution in [0.15, 0.2) is 82.8 Å². The van der Waals surface area contributed by atoms with Crippen LogP contribution in [0.2, 0.25) is 0 Å². The number of hydrogen-bond acceptors (Lipinski definition) is 3. The molecule has 3 heteroatoms. The number of aliphatic imine (C=N–C) groups is 2. The first-order valence-electron chi connectivity index (χ1n) is 8.21. The maximum atomic E-state index is 6.15. The standard InChI is InChI=1S/C22H21N3/c1-16-13-20(14-19(15-24-2)21(16)23)25-22(17-9-5-3-6-10-17)18-11-7-4-8-12-18/h3-15H,23H2,1-2H3. The van der Waals surface area contributed by atoms with E-state index in [1.165, 1.54) is 0 Å². The van der Waals surface area contributed by atoms with Gasteiger partial charge in [-0.2, -0.15) is 0 Å². The third-order valence-corrected chi connectivity index (χ3v) is 4.01. The summed E-state index contributed by atoms with van der Waals surface area (Å²) in [6, 6.07) is 24.4. The highest BCUT2D eigenvalue weighted by Crippen LogP contribution is 2.25. The van der Waals surface area contributed by atoms with E-state index in [2.05, 4.69) is 29.3 Å². The van der Waals surface area contributed by atoms with Gasteiger partial charge in [0.15, 0.2) is 0 Å². The van der Waals surface area contributed by atoms with E-state index in [1.54, 1.807) is 13.3 Å². The summed E-state index contributed by atoms with van der Waals surface area (Å²) in [7, 11) is 1.74. The lowest BCUT2D eigenvalue weighted by atomic mass is 10.0. The fourth-order valence-corrected chi connectivity index (χ4v) is 2.73. The van der Waals surface area contributed by atoms with E-state index in [-0.39, 0.29) is 0 Å². The number of aryl methyl sites for hydroxylation is 1. The largest absolute Gasteiger partial charge is 0.398 e. The van der Waals surface area contributed by atoms with Gasteiger partial charge in [-0.25, -0.2) is 4.99 Å². The second-order valence-electron chi connectivity index (χ2n) is 5.85. The smallest absolute Gasteiger partial charge is 0.0781 e. The van der Waals surface area contributed by atoms with Crippen molar-refractivity contribution >= 4 is 23.3 Å². The molecule has 0 bridgehead atoms. The first-order valence-corrected chi connectivity index (χ1v) is 8.21. The average Bonchev–Trinajstić information content (AvgIpc) is 2.65. The molecule has 0 aromatic heterocycles. The zero-order valence-electron chi connectivity index (χ0n) is 14.5. The SMILES string of the molecule is CN=Cc1cc(N=C(c2ccccc2)c2ccccc2)cc(C)c1N. The van der Waals surface area contributed by atoms with Crippen LogP contribution >= 0.6 is 0 Å². The van der Waals surface area contributed by atoms with Gasteiger partial charge in [-0.1, -0.05) is 60.7 Å². The van der Waals surface area contributed by atoms with E-state index in [0.29, 0.717) is 0 Å². The van der Waals surface area contributed by atoms with Gasteiger partial charge in [-0.15, -0.1) is 0 Å². The van der Waals surface area contributed by atoms with Crippen LogP contribution in [0.3, 0.4) is 0 Å². The Bertz CT molecular complexity index is 869. The molecule has 0 aliphatic rings. The van der Waals surface area contributed by atoms with Crippen LogP contribution in [-0.2, 0) is 0 Å². The fourth-order valence-electron chi connectivity index (χ4n) is 2.73. The van der Waals surface area contributed by atoms with Gasteiger partial charge in [-0.05, 0) is 24.6 Å². The van der Waals surface area contributed by atoms with E-state index < -0.39 is 0 Å². The van der Waals surface area contributed by atoms with Gasteiger partial charge >= 0.3 is 0 Å². The third-order valence-electron chi connectivity index (χ3n) is 4.01. The number of anilines is 1. The van der Waals surface area contributed by atoms with Crippen LogP contribution in [0.1, 0.15) is 22.3 Å². The molecule has 0 aliphatic heterocycles. The average molecular weight is 327 g/mol. The van der Waals surface area contributed by atoms with E-state index in [1.807, 2.05) is 55.5 Å². The molecule has 0 aliphatic carbocycles. The molecule has 2 N–H and O–H groups in total. The molecular formula is C22H21N3. The predicted octanol–water partition coefficient (Wildman–Crippen LogP) is 4.80. The summed E-state index contributed by atoms with van der Waals surface area (Å²) in [4.78, 5) is 9.03. The van der Waals surface area contributed by atoms with Crippen molar-refractivity contribution in [1.82, 2.24) is 0 Å². The van der Waals surface area contributed by atoms with E-state index >= 15 is 0 Å². The Morgan fingerprint density at radius 2 is 1.44 bits per heavy atom. The second-order valence-corrected chi connectivity index (χ2v) is 5.85. The number of rotatable bonds is 4. The molecule has 0 amide bonds. The summed E-state index contributed by atoms with van der Waals surface area (Å²) < 4.78 is 0. The highest BCUT2D eigenvalue weighted by atomic mass is 14.8. The molecule has 0 unspecified atom stereocenters. The van der Waals surface area contributed by atoms with Crippen LogP contribution in [0.25, 0.3) is 0 Å². The van der Waals surface area contributed by atoms with Crippen molar-refractivity contribution in [3.63, 3.8) is 0 Å². The predicted molar refractivity (Wildman–Crippen MR) is 107 cm³/mol. The number of hydrogen-bond donors (Lipinski definition) is 1. The summed E-state index contributed by atoms with van der Waals surface area (Å²) in [6.45, 7) is 1.99. The molecule has 0 heterocycles. The first kappa shape index (κ1) is 16.7. The highest BCUT2D eigenvalue weighted by Gasteiger charge is 2.09. The minimum Gasteiger partial charge on any atom is -0.398 e. The van der Waals surface area contributed by atoms with Crippen molar-refractivity contribution in [2.45, 2.75) is 6.92 Å². The molecule has 25 heavy (non-hydrogen) atoms. The van der Waals surface area contributed by atoms with Crippen LogP contribution in [0.4, 0.5) is 11.4 Å².